The van der Waals surface area contributed by atoms with Crippen LogP contribution in [0.5, 0.6) is 0 Å². The third kappa shape index (κ3) is 4.02. The number of amides is 1. The topological polar surface area (TPSA) is 93.2 Å². The molecule has 1 aliphatic carbocycles. The van der Waals surface area contributed by atoms with Crippen molar-refractivity contribution in [3.8, 4) is 0 Å². The Labute approximate surface area is 174 Å². The molecule has 0 spiro atoms. The first kappa shape index (κ1) is 19.9. The van der Waals surface area contributed by atoms with Crippen LogP contribution in [0.4, 0.5) is 5.82 Å². The first-order valence-electron chi connectivity index (χ1n) is 10.1. The summed E-state index contributed by atoms with van der Waals surface area (Å²) >= 11 is 6.20. The van der Waals surface area contributed by atoms with Crippen LogP contribution in [0.2, 0.25) is 5.02 Å². The van der Waals surface area contributed by atoms with Gasteiger partial charge in [0.05, 0.1) is 12.6 Å². The van der Waals surface area contributed by atoms with Crippen molar-refractivity contribution in [3.63, 3.8) is 0 Å². The highest BCUT2D eigenvalue weighted by Crippen LogP contribution is 2.42. The summed E-state index contributed by atoms with van der Waals surface area (Å²) in [6.45, 7) is 2.08. The number of carbonyl (C=O) groups is 1. The Bertz CT molecular complexity index is 952. The van der Waals surface area contributed by atoms with Crippen molar-refractivity contribution in [2.75, 3.05) is 31.1 Å². The Kier molecular flexibility index (Phi) is 5.61. The van der Waals surface area contributed by atoms with Crippen molar-refractivity contribution in [3.05, 3.63) is 57.3 Å². The van der Waals surface area contributed by atoms with Crippen molar-refractivity contribution in [1.29, 1.82) is 0 Å². The van der Waals surface area contributed by atoms with Crippen molar-refractivity contribution in [2.24, 2.45) is 5.73 Å². The molecule has 1 aliphatic heterocycles. The maximum absolute atomic E-state index is 12.5. The largest absolute Gasteiger partial charge is 0.353 e. The van der Waals surface area contributed by atoms with Gasteiger partial charge in [-0.25, -0.2) is 4.68 Å². The lowest BCUT2D eigenvalue weighted by Crippen LogP contribution is -2.48. The van der Waals surface area contributed by atoms with Gasteiger partial charge in [-0.3, -0.25) is 9.59 Å². The third-order valence-corrected chi connectivity index (χ3v) is 6.49. The number of rotatable bonds is 4. The van der Waals surface area contributed by atoms with Gasteiger partial charge in [0.25, 0.3) is 5.56 Å². The van der Waals surface area contributed by atoms with Crippen LogP contribution < -0.4 is 21.5 Å². The Balaban J connectivity index is 1.54. The van der Waals surface area contributed by atoms with E-state index in [1.54, 1.807) is 16.8 Å². The molecular weight excluding hydrogens is 390 g/mol. The number of nitrogens with two attached hydrogens (primary N) is 1. The van der Waals surface area contributed by atoms with Gasteiger partial charge in [-0.1, -0.05) is 23.7 Å². The Morgan fingerprint density at radius 1 is 1.21 bits per heavy atom. The molecular formula is C21H26ClN5O2. The summed E-state index contributed by atoms with van der Waals surface area (Å²) in [5.41, 5.74) is 7.14. The molecule has 1 aromatic carbocycles. The SMILES string of the molecule is NC[C@]1(c2cccc(Cl)c2)CC[C@@H](n2nc(N3CCNC(=O)C3)ccc2=O)CC1. The number of piperazine rings is 1. The van der Waals surface area contributed by atoms with Crippen LogP contribution in [0.15, 0.2) is 41.2 Å². The van der Waals surface area contributed by atoms with Gasteiger partial charge in [0, 0.05) is 36.1 Å². The average Bonchev–Trinajstić information content (AvgIpc) is 2.74. The maximum Gasteiger partial charge on any atom is 0.267 e. The molecule has 2 aromatic rings. The number of aromatic nitrogens is 2. The molecule has 1 aromatic heterocycles. The number of hydrogen-bond donors (Lipinski definition) is 2. The first-order chi connectivity index (χ1) is 14.0. The van der Waals surface area contributed by atoms with Crippen LogP contribution >= 0.6 is 11.6 Å². The zero-order valence-corrected chi connectivity index (χ0v) is 17.1. The van der Waals surface area contributed by atoms with E-state index in [1.165, 1.54) is 5.56 Å². The molecule has 4 rings (SSSR count). The summed E-state index contributed by atoms with van der Waals surface area (Å²) in [7, 11) is 0. The minimum atomic E-state index is -0.117. The quantitative estimate of drug-likeness (QED) is 0.794. The van der Waals surface area contributed by atoms with E-state index in [9.17, 15) is 9.59 Å². The fourth-order valence-electron chi connectivity index (χ4n) is 4.51. The molecule has 0 unspecified atom stereocenters. The standard InChI is InChI=1S/C21H26ClN5O2/c22-16-3-1-2-15(12-16)21(14-23)8-6-17(7-9-21)27-20(29)5-4-18(25-27)26-11-10-24-19(28)13-26/h1-5,12,17H,6-11,13-14,23H2,(H,24,28)/t17-,21+. The highest BCUT2D eigenvalue weighted by molar-refractivity contribution is 6.30. The number of hydrogen-bond acceptors (Lipinski definition) is 5. The second-order valence-corrected chi connectivity index (χ2v) is 8.41. The van der Waals surface area contributed by atoms with E-state index in [2.05, 4.69) is 16.5 Å². The van der Waals surface area contributed by atoms with Gasteiger partial charge in [-0.15, -0.1) is 0 Å². The number of benzene rings is 1. The van der Waals surface area contributed by atoms with Gasteiger partial charge in [-0.05, 0) is 49.4 Å². The summed E-state index contributed by atoms with van der Waals surface area (Å²) in [4.78, 5) is 26.1. The molecule has 0 atom stereocenters. The van der Waals surface area contributed by atoms with E-state index < -0.39 is 0 Å². The molecule has 1 saturated carbocycles. The molecule has 29 heavy (non-hydrogen) atoms. The molecule has 0 bridgehead atoms. The van der Waals surface area contributed by atoms with E-state index in [0.717, 1.165) is 25.7 Å². The summed E-state index contributed by atoms with van der Waals surface area (Å²) in [5, 5.41) is 8.14. The lowest BCUT2D eigenvalue weighted by molar-refractivity contribution is -0.120. The lowest BCUT2D eigenvalue weighted by Gasteiger charge is -2.40. The second kappa shape index (κ2) is 8.16. The highest BCUT2D eigenvalue weighted by atomic mass is 35.5. The van der Waals surface area contributed by atoms with Crippen molar-refractivity contribution >= 4 is 23.3 Å². The predicted molar refractivity (Wildman–Crippen MR) is 113 cm³/mol. The predicted octanol–water partition coefficient (Wildman–Crippen LogP) is 1.84. The van der Waals surface area contributed by atoms with E-state index in [4.69, 9.17) is 17.3 Å². The van der Waals surface area contributed by atoms with Crippen LogP contribution in [0.1, 0.15) is 37.3 Å². The smallest absolute Gasteiger partial charge is 0.267 e. The van der Waals surface area contributed by atoms with Crippen molar-refractivity contribution in [2.45, 2.75) is 37.1 Å². The van der Waals surface area contributed by atoms with Crippen molar-refractivity contribution < 1.29 is 4.79 Å². The van der Waals surface area contributed by atoms with Crippen LogP contribution in [0, 0.1) is 0 Å². The average molecular weight is 416 g/mol. The molecule has 7 nitrogen and oxygen atoms in total. The van der Waals surface area contributed by atoms with Crippen LogP contribution in [-0.4, -0.2) is 41.9 Å². The van der Waals surface area contributed by atoms with Gasteiger partial charge in [0.2, 0.25) is 5.91 Å². The highest BCUT2D eigenvalue weighted by Gasteiger charge is 2.37. The fraction of sp³-hybridized carbons (Fsp3) is 0.476. The van der Waals surface area contributed by atoms with E-state index >= 15 is 0 Å². The van der Waals surface area contributed by atoms with Gasteiger partial charge >= 0.3 is 0 Å². The van der Waals surface area contributed by atoms with Crippen molar-refractivity contribution in [1.82, 2.24) is 15.1 Å². The van der Waals surface area contributed by atoms with Gasteiger partial charge in [0.15, 0.2) is 0 Å². The number of anilines is 1. The Morgan fingerprint density at radius 3 is 2.69 bits per heavy atom. The Morgan fingerprint density at radius 2 is 2.00 bits per heavy atom. The monoisotopic (exact) mass is 415 g/mol. The molecule has 2 heterocycles. The normalized spacial score (nSPS) is 25.0. The number of nitrogens with one attached hydrogen (secondary N) is 1. The zero-order valence-electron chi connectivity index (χ0n) is 16.3. The first-order valence-corrected chi connectivity index (χ1v) is 10.5. The molecule has 3 N–H and O–H groups in total. The van der Waals surface area contributed by atoms with Crippen LogP contribution in [0.25, 0.3) is 0 Å². The zero-order chi connectivity index (χ0) is 20.4. The molecule has 154 valence electrons. The minimum Gasteiger partial charge on any atom is -0.353 e. The minimum absolute atomic E-state index is 0.0253. The van der Waals surface area contributed by atoms with Gasteiger partial charge in [-0.2, -0.15) is 5.10 Å². The summed E-state index contributed by atoms with van der Waals surface area (Å²) in [6, 6.07) is 11.2. The van der Waals surface area contributed by atoms with E-state index in [1.807, 2.05) is 23.1 Å². The number of nitrogens with zero attached hydrogens (tertiary/aromatic N) is 3. The van der Waals surface area contributed by atoms with Crippen LogP contribution in [0.3, 0.4) is 0 Å². The van der Waals surface area contributed by atoms with Gasteiger partial charge < -0.3 is 16.0 Å². The van der Waals surface area contributed by atoms with E-state index in [-0.39, 0.29) is 29.5 Å². The van der Waals surface area contributed by atoms with Gasteiger partial charge in [0.1, 0.15) is 5.82 Å². The van der Waals surface area contributed by atoms with Crippen LogP contribution in [-0.2, 0) is 10.2 Å². The molecule has 1 saturated heterocycles. The summed E-state index contributed by atoms with van der Waals surface area (Å²) in [6.07, 6.45) is 3.39. The Hall–Kier alpha value is -2.38. The van der Waals surface area contributed by atoms with E-state index in [0.29, 0.717) is 30.5 Å². The second-order valence-electron chi connectivity index (χ2n) is 7.97. The third-order valence-electron chi connectivity index (χ3n) is 6.26. The molecule has 0 radical (unpaired) electrons. The molecule has 2 aliphatic rings. The molecule has 1 amide bonds. The summed E-state index contributed by atoms with van der Waals surface area (Å²) < 4.78 is 1.60. The summed E-state index contributed by atoms with van der Waals surface area (Å²) in [5.74, 6) is 0.646. The molecule has 2 fully saturated rings. The fourth-order valence-corrected chi connectivity index (χ4v) is 4.70. The molecule has 8 heteroatoms. The number of carbonyl (C=O) groups excluding carboxylic acids is 1. The number of halogens is 1. The maximum atomic E-state index is 12.5. The lowest BCUT2D eigenvalue weighted by atomic mass is 9.68.